The van der Waals surface area contributed by atoms with Gasteiger partial charge in [0.15, 0.2) is 6.29 Å². The first-order chi connectivity index (χ1) is 11.3. The van der Waals surface area contributed by atoms with Crippen molar-refractivity contribution in [3.05, 3.63) is 67.3 Å². The molecule has 0 spiro atoms. The molecular weight excluding hydrogens is 415 g/mol. The molecule has 0 radical (unpaired) electrons. The molecule has 24 heavy (non-hydrogen) atoms. The molecule has 2 rings (SSSR count). The van der Waals surface area contributed by atoms with Crippen LogP contribution >= 0.6 is 22.6 Å². The van der Waals surface area contributed by atoms with E-state index in [4.69, 9.17) is 5.11 Å². The number of carbonyl (C=O) groups excluding carboxylic acids is 2. The van der Waals surface area contributed by atoms with Gasteiger partial charge in [-0.25, -0.2) is 0 Å². The Balaban J connectivity index is 0.000000381. The average molecular weight is 440 g/mol. The maximum atomic E-state index is 10.5. The molecular formula is C20H25IO3. The van der Waals surface area contributed by atoms with Crippen LogP contribution in [0.25, 0.3) is 0 Å². The van der Waals surface area contributed by atoms with Crippen LogP contribution < -0.4 is 0 Å². The second-order valence-corrected chi connectivity index (χ2v) is 6.52. The molecule has 0 aromatic heterocycles. The van der Waals surface area contributed by atoms with Crippen molar-refractivity contribution in [1.29, 1.82) is 0 Å². The first kappa shape index (κ1) is 22.5. The standard InChI is InChI=1S/C9H9IO.C9H10O.C2H6O/c1-6-3-8(5-11)9(10)4-7(6)2;1-7-3-4-9(6-10)5-8(7)2;1-2-3/h3-5H,1-2H3;3-6H,1-2H3;3H,2H2,1H3. The zero-order valence-corrected chi connectivity index (χ0v) is 17.0. The topological polar surface area (TPSA) is 54.4 Å². The molecule has 0 bridgehead atoms. The Morgan fingerprint density at radius 2 is 1.38 bits per heavy atom. The molecule has 0 atom stereocenters. The fourth-order valence-corrected chi connectivity index (χ4v) is 2.48. The van der Waals surface area contributed by atoms with Gasteiger partial charge in [-0.1, -0.05) is 12.1 Å². The molecule has 2 aromatic rings. The van der Waals surface area contributed by atoms with Crippen molar-refractivity contribution >= 4 is 35.2 Å². The SMILES string of the molecule is CCO.Cc1cc(I)c(C=O)cc1C.Cc1ccc(C=O)cc1C. The van der Waals surface area contributed by atoms with E-state index >= 15 is 0 Å². The Labute approximate surface area is 158 Å². The lowest BCUT2D eigenvalue weighted by Gasteiger charge is -2.02. The van der Waals surface area contributed by atoms with E-state index < -0.39 is 0 Å². The van der Waals surface area contributed by atoms with E-state index in [2.05, 4.69) is 22.6 Å². The van der Waals surface area contributed by atoms with Crippen molar-refractivity contribution in [2.24, 2.45) is 0 Å². The monoisotopic (exact) mass is 440 g/mol. The van der Waals surface area contributed by atoms with Crippen LogP contribution in [-0.4, -0.2) is 24.3 Å². The Morgan fingerprint density at radius 1 is 0.875 bits per heavy atom. The van der Waals surface area contributed by atoms with Crippen LogP contribution in [0, 0.1) is 31.3 Å². The number of aryl methyl sites for hydroxylation is 4. The minimum Gasteiger partial charge on any atom is -0.397 e. The third kappa shape index (κ3) is 7.84. The van der Waals surface area contributed by atoms with Gasteiger partial charge in [0.25, 0.3) is 0 Å². The Morgan fingerprint density at radius 3 is 1.83 bits per heavy atom. The predicted octanol–water partition coefficient (Wildman–Crippen LogP) is 4.84. The molecule has 0 amide bonds. The van der Waals surface area contributed by atoms with E-state index in [1.54, 1.807) is 6.92 Å². The first-order valence-corrected chi connectivity index (χ1v) is 8.73. The van der Waals surface area contributed by atoms with Gasteiger partial charge in [0.05, 0.1) is 0 Å². The van der Waals surface area contributed by atoms with Gasteiger partial charge in [0, 0.05) is 21.3 Å². The van der Waals surface area contributed by atoms with Crippen LogP contribution in [-0.2, 0) is 0 Å². The summed E-state index contributed by atoms with van der Waals surface area (Å²) in [4.78, 5) is 20.8. The van der Waals surface area contributed by atoms with Crippen LogP contribution in [0.15, 0.2) is 30.3 Å². The number of hydrogen-bond acceptors (Lipinski definition) is 3. The van der Waals surface area contributed by atoms with Gasteiger partial charge in [-0.2, -0.15) is 0 Å². The second kappa shape index (κ2) is 11.9. The summed E-state index contributed by atoms with van der Waals surface area (Å²) in [6, 6.07) is 9.63. The first-order valence-electron chi connectivity index (χ1n) is 7.65. The summed E-state index contributed by atoms with van der Waals surface area (Å²) in [6.45, 7) is 10.0. The lowest BCUT2D eigenvalue weighted by molar-refractivity contribution is 0.111. The van der Waals surface area contributed by atoms with Crippen molar-refractivity contribution in [3.63, 3.8) is 0 Å². The number of aliphatic hydroxyl groups is 1. The third-order valence-corrected chi connectivity index (χ3v) is 4.34. The number of hydrogen-bond donors (Lipinski definition) is 1. The highest BCUT2D eigenvalue weighted by molar-refractivity contribution is 14.1. The fourth-order valence-electron chi connectivity index (χ4n) is 1.73. The van der Waals surface area contributed by atoms with Crippen molar-refractivity contribution in [2.75, 3.05) is 6.61 Å². The van der Waals surface area contributed by atoms with Crippen molar-refractivity contribution in [3.8, 4) is 0 Å². The highest BCUT2D eigenvalue weighted by Gasteiger charge is 2.00. The van der Waals surface area contributed by atoms with Crippen LogP contribution in [0.3, 0.4) is 0 Å². The maximum absolute atomic E-state index is 10.5. The average Bonchev–Trinajstić information content (AvgIpc) is 2.55. The summed E-state index contributed by atoms with van der Waals surface area (Å²) in [5.41, 5.74) is 6.35. The van der Waals surface area contributed by atoms with Gasteiger partial charge in [0.1, 0.15) is 6.29 Å². The van der Waals surface area contributed by atoms with Gasteiger partial charge in [-0.3, -0.25) is 9.59 Å². The van der Waals surface area contributed by atoms with Crippen LogP contribution in [0.5, 0.6) is 0 Å². The molecule has 0 aliphatic carbocycles. The molecule has 0 saturated carbocycles. The molecule has 0 heterocycles. The fraction of sp³-hybridized carbons (Fsp3) is 0.300. The molecule has 0 unspecified atom stereocenters. The molecule has 4 heteroatoms. The number of benzene rings is 2. The van der Waals surface area contributed by atoms with E-state index in [0.29, 0.717) is 0 Å². The van der Waals surface area contributed by atoms with Gasteiger partial charge < -0.3 is 5.11 Å². The summed E-state index contributed by atoms with van der Waals surface area (Å²) in [5, 5.41) is 7.57. The highest BCUT2D eigenvalue weighted by atomic mass is 127. The van der Waals surface area contributed by atoms with Crippen LogP contribution in [0.1, 0.15) is 49.9 Å². The Bertz CT molecular complexity index is 679. The predicted molar refractivity (Wildman–Crippen MR) is 108 cm³/mol. The molecule has 0 saturated heterocycles. The molecule has 0 aliphatic heterocycles. The summed E-state index contributed by atoms with van der Waals surface area (Å²) in [7, 11) is 0. The van der Waals surface area contributed by atoms with Crippen LogP contribution in [0.4, 0.5) is 0 Å². The van der Waals surface area contributed by atoms with Gasteiger partial charge in [-0.15, -0.1) is 0 Å². The molecule has 2 aromatic carbocycles. The van der Waals surface area contributed by atoms with Crippen LogP contribution in [0.2, 0.25) is 0 Å². The number of halogens is 1. The minimum absolute atomic E-state index is 0.250. The summed E-state index contributed by atoms with van der Waals surface area (Å²) in [5.74, 6) is 0. The van der Waals surface area contributed by atoms with Gasteiger partial charge in [0.2, 0.25) is 0 Å². The molecule has 130 valence electrons. The largest absolute Gasteiger partial charge is 0.397 e. The number of aliphatic hydroxyl groups excluding tert-OH is 1. The minimum atomic E-state index is 0.250. The molecule has 1 N–H and O–H groups in total. The van der Waals surface area contributed by atoms with E-state index in [-0.39, 0.29) is 6.61 Å². The van der Waals surface area contributed by atoms with Crippen molar-refractivity contribution in [1.82, 2.24) is 0 Å². The maximum Gasteiger partial charge on any atom is 0.151 e. The quantitative estimate of drug-likeness (QED) is 0.538. The Kier molecular flexibility index (Phi) is 11.2. The lowest BCUT2D eigenvalue weighted by atomic mass is 10.1. The number of rotatable bonds is 2. The van der Waals surface area contributed by atoms with Crippen molar-refractivity contribution < 1.29 is 14.7 Å². The van der Waals surface area contributed by atoms with E-state index in [1.165, 1.54) is 22.3 Å². The number of aldehydes is 2. The molecule has 0 fully saturated rings. The van der Waals surface area contributed by atoms with Gasteiger partial charge in [-0.05, 0) is 97.7 Å². The van der Waals surface area contributed by atoms with Crippen molar-refractivity contribution in [2.45, 2.75) is 34.6 Å². The zero-order chi connectivity index (χ0) is 18.7. The zero-order valence-electron chi connectivity index (χ0n) is 14.9. The summed E-state index contributed by atoms with van der Waals surface area (Å²) < 4.78 is 1.03. The van der Waals surface area contributed by atoms with E-state index in [9.17, 15) is 9.59 Å². The smallest absolute Gasteiger partial charge is 0.151 e. The normalized spacial score (nSPS) is 9.12. The molecule has 0 aliphatic rings. The highest BCUT2D eigenvalue weighted by Crippen LogP contribution is 2.16. The van der Waals surface area contributed by atoms with Gasteiger partial charge >= 0.3 is 0 Å². The summed E-state index contributed by atoms with van der Waals surface area (Å²) in [6.07, 6.45) is 1.76. The summed E-state index contributed by atoms with van der Waals surface area (Å²) >= 11 is 2.17. The van der Waals surface area contributed by atoms with E-state index in [1.807, 2.05) is 58.0 Å². The third-order valence-electron chi connectivity index (χ3n) is 3.41. The number of carbonyl (C=O) groups is 2. The second-order valence-electron chi connectivity index (χ2n) is 5.35. The Hall–Kier alpha value is -1.53. The lowest BCUT2D eigenvalue weighted by Crippen LogP contribution is -1.90. The van der Waals surface area contributed by atoms with E-state index in [0.717, 1.165) is 27.3 Å². The molecule has 3 nitrogen and oxygen atoms in total.